The first-order valence-electron chi connectivity index (χ1n) is 22.4. The first-order valence-corrected chi connectivity index (χ1v) is 23.9. The summed E-state index contributed by atoms with van der Waals surface area (Å²) in [6.45, 7) is 5.56. The van der Waals surface area contributed by atoms with E-state index >= 15 is 0 Å². The topological polar surface area (TPSA) is 91.3 Å². The van der Waals surface area contributed by atoms with Crippen molar-refractivity contribution < 1.29 is 37.3 Å². The van der Waals surface area contributed by atoms with Crippen LogP contribution >= 0.6 is 7.82 Å². The van der Waals surface area contributed by atoms with Crippen LogP contribution < -0.4 is 0 Å². The van der Waals surface area contributed by atoms with Crippen molar-refractivity contribution >= 4 is 13.8 Å². The predicted octanol–water partition coefficient (Wildman–Crippen LogP) is 13.2. The molecule has 0 aromatic carbocycles. The fraction of sp³-hybridized carbons (Fsp3) is 0.804. The van der Waals surface area contributed by atoms with E-state index in [-0.39, 0.29) is 25.8 Å². The summed E-state index contributed by atoms with van der Waals surface area (Å²) >= 11 is 0. The SMILES string of the molecule is CCCCC/C=C\C/C=C\C/C=C\C/C=C\CCCCCC(=O)O[C@H](COCCCCCCCCCCCCCCCC)COP(=O)(O)OCC[N+](C)(C)C. The van der Waals surface area contributed by atoms with Gasteiger partial charge >= 0.3 is 13.8 Å². The standard InChI is InChI=1S/C46H86NO7P/c1-6-8-10-12-14-16-18-20-22-23-24-25-26-27-29-31-33-35-37-39-46(48)54-45(44-53-55(49,50)52-42-40-47(3,4)5)43-51-41-38-36-34-32-30-28-21-19-17-15-13-11-9-7-2/h14,16,20,22,24-25,27,29,45H,6-13,15,17-19,21,23,26,28,30-44H2,1-5H3/p+1/b16-14-,22-20-,25-24-,29-27-/t45-/m1/s1. The van der Waals surface area contributed by atoms with Gasteiger partial charge in [0.25, 0.3) is 0 Å². The molecule has 0 aliphatic carbocycles. The largest absolute Gasteiger partial charge is 0.472 e. The number of likely N-dealkylation sites (N-methyl/N-ethyl adjacent to an activating group) is 1. The number of hydrogen-bond acceptors (Lipinski definition) is 6. The average Bonchev–Trinajstić information content (AvgIpc) is 3.13. The van der Waals surface area contributed by atoms with E-state index in [4.69, 9.17) is 18.5 Å². The number of hydrogen-bond donors (Lipinski definition) is 1. The number of esters is 1. The van der Waals surface area contributed by atoms with Gasteiger partial charge in [0, 0.05) is 13.0 Å². The number of carbonyl (C=O) groups is 1. The normalized spacial score (nSPS) is 14.2. The maximum absolute atomic E-state index is 12.7. The van der Waals surface area contributed by atoms with E-state index in [1.54, 1.807) is 0 Å². The molecule has 0 aromatic rings. The Kier molecular flexibility index (Phi) is 38.2. The van der Waals surface area contributed by atoms with Crippen molar-refractivity contribution in [1.29, 1.82) is 0 Å². The van der Waals surface area contributed by atoms with Crippen LogP contribution in [-0.4, -0.2) is 75.6 Å². The molecular formula is C46H87NO7P+. The molecule has 0 bridgehead atoms. The third-order valence-electron chi connectivity index (χ3n) is 9.39. The number of carbonyl (C=O) groups excluding carboxylic acids is 1. The number of phosphoric acid groups is 1. The van der Waals surface area contributed by atoms with Crippen molar-refractivity contribution in [3.63, 3.8) is 0 Å². The van der Waals surface area contributed by atoms with Gasteiger partial charge in [-0.3, -0.25) is 13.8 Å². The van der Waals surface area contributed by atoms with E-state index in [1.165, 1.54) is 103 Å². The Morgan fingerprint density at radius 3 is 1.51 bits per heavy atom. The Balaban J connectivity index is 4.30. The summed E-state index contributed by atoms with van der Waals surface area (Å²) in [5.41, 5.74) is 0. The smallest absolute Gasteiger partial charge is 0.457 e. The van der Waals surface area contributed by atoms with Gasteiger partial charge < -0.3 is 18.9 Å². The summed E-state index contributed by atoms with van der Waals surface area (Å²) in [7, 11) is 1.64. The minimum Gasteiger partial charge on any atom is -0.457 e. The highest BCUT2D eigenvalue weighted by Gasteiger charge is 2.26. The number of unbranched alkanes of at least 4 members (excludes halogenated alkanes) is 19. The lowest BCUT2D eigenvalue weighted by Gasteiger charge is -2.24. The molecule has 322 valence electrons. The van der Waals surface area contributed by atoms with Gasteiger partial charge in [0.2, 0.25) is 0 Å². The van der Waals surface area contributed by atoms with Gasteiger partial charge in [0.15, 0.2) is 0 Å². The van der Waals surface area contributed by atoms with Gasteiger partial charge in [-0.25, -0.2) is 4.57 Å². The molecule has 1 unspecified atom stereocenters. The molecule has 8 nitrogen and oxygen atoms in total. The fourth-order valence-corrected chi connectivity index (χ4v) is 6.63. The van der Waals surface area contributed by atoms with Gasteiger partial charge in [0.1, 0.15) is 19.3 Å². The van der Waals surface area contributed by atoms with E-state index in [9.17, 15) is 14.3 Å². The van der Waals surface area contributed by atoms with Crippen molar-refractivity contribution in [3.8, 4) is 0 Å². The second-order valence-electron chi connectivity index (χ2n) is 16.1. The van der Waals surface area contributed by atoms with E-state index in [0.717, 1.165) is 57.8 Å². The number of nitrogens with zero attached hydrogens (tertiary/aromatic N) is 1. The summed E-state index contributed by atoms with van der Waals surface area (Å²) in [5.74, 6) is -0.342. The molecule has 0 amide bonds. The van der Waals surface area contributed by atoms with E-state index in [2.05, 4.69) is 62.5 Å². The van der Waals surface area contributed by atoms with E-state index in [0.29, 0.717) is 24.1 Å². The van der Waals surface area contributed by atoms with Crippen LogP contribution in [0.2, 0.25) is 0 Å². The van der Waals surface area contributed by atoms with Crippen LogP contribution in [0.3, 0.4) is 0 Å². The fourth-order valence-electron chi connectivity index (χ4n) is 5.89. The summed E-state index contributed by atoms with van der Waals surface area (Å²) in [6, 6.07) is 0. The minimum atomic E-state index is -4.28. The third kappa shape index (κ3) is 43.4. The average molecular weight is 797 g/mol. The van der Waals surface area contributed by atoms with Crippen molar-refractivity contribution in [1.82, 2.24) is 0 Å². The molecule has 1 N–H and O–H groups in total. The molecule has 0 fully saturated rings. The zero-order chi connectivity index (χ0) is 40.6. The van der Waals surface area contributed by atoms with Crippen LogP contribution in [0.4, 0.5) is 0 Å². The first kappa shape index (κ1) is 53.5. The second-order valence-corrected chi connectivity index (χ2v) is 17.5. The highest BCUT2D eigenvalue weighted by atomic mass is 31.2. The summed E-state index contributed by atoms with van der Waals surface area (Å²) in [4.78, 5) is 22.9. The molecule has 55 heavy (non-hydrogen) atoms. The predicted molar refractivity (Wildman–Crippen MR) is 233 cm³/mol. The van der Waals surface area contributed by atoms with Crippen LogP contribution in [0.25, 0.3) is 0 Å². The van der Waals surface area contributed by atoms with Crippen LogP contribution in [-0.2, 0) is 27.9 Å². The Morgan fingerprint density at radius 1 is 0.564 bits per heavy atom. The summed E-state index contributed by atoms with van der Waals surface area (Å²) < 4.78 is 35.0. The molecular weight excluding hydrogens is 709 g/mol. The zero-order valence-corrected chi connectivity index (χ0v) is 37.3. The van der Waals surface area contributed by atoms with Crippen molar-refractivity contribution in [2.75, 3.05) is 54.1 Å². The van der Waals surface area contributed by atoms with E-state index < -0.39 is 13.9 Å². The van der Waals surface area contributed by atoms with Gasteiger partial charge in [-0.15, -0.1) is 0 Å². The van der Waals surface area contributed by atoms with Gasteiger partial charge in [-0.2, -0.15) is 0 Å². The lowest BCUT2D eigenvalue weighted by molar-refractivity contribution is -0.870. The van der Waals surface area contributed by atoms with Crippen LogP contribution in [0, 0.1) is 0 Å². The monoisotopic (exact) mass is 797 g/mol. The van der Waals surface area contributed by atoms with Crippen molar-refractivity contribution in [3.05, 3.63) is 48.6 Å². The van der Waals surface area contributed by atoms with Crippen LogP contribution in [0.1, 0.15) is 181 Å². The maximum Gasteiger partial charge on any atom is 0.472 e. The molecule has 2 atom stereocenters. The number of allylic oxidation sites excluding steroid dienone is 8. The lowest BCUT2D eigenvalue weighted by atomic mass is 10.0. The molecule has 0 aliphatic rings. The first-order chi connectivity index (χ1) is 26.6. The Morgan fingerprint density at radius 2 is 1.00 bits per heavy atom. The molecule has 0 rings (SSSR count). The number of quaternary nitrogens is 1. The lowest BCUT2D eigenvalue weighted by Crippen LogP contribution is -2.37. The van der Waals surface area contributed by atoms with Crippen LogP contribution in [0.15, 0.2) is 48.6 Å². The Hall–Kier alpha value is -1.54. The van der Waals surface area contributed by atoms with Gasteiger partial charge in [-0.1, -0.05) is 165 Å². The third-order valence-corrected chi connectivity index (χ3v) is 10.4. The molecule has 0 saturated carbocycles. The quantitative estimate of drug-likeness (QED) is 0.0217. The Bertz CT molecular complexity index is 1020. The molecule has 0 radical (unpaired) electrons. The van der Waals surface area contributed by atoms with Crippen molar-refractivity contribution in [2.45, 2.75) is 187 Å². The van der Waals surface area contributed by atoms with Gasteiger partial charge in [-0.05, 0) is 57.8 Å². The molecule has 9 heteroatoms. The minimum absolute atomic E-state index is 0.0818. The molecule has 0 aromatic heterocycles. The van der Waals surface area contributed by atoms with Gasteiger partial charge in [0.05, 0.1) is 34.4 Å². The molecule has 0 saturated heterocycles. The Labute approximate surface area is 339 Å². The summed E-state index contributed by atoms with van der Waals surface area (Å²) in [5, 5.41) is 0. The number of phosphoric ester groups is 1. The molecule has 0 aliphatic heterocycles. The zero-order valence-electron chi connectivity index (χ0n) is 36.4. The molecule has 0 heterocycles. The van der Waals surface area contributed by atoms with Crippen molar-refractivity contribution in [2.24, 2.45) is 0 Å². The second kappa shape index (κ2) is 39.3. The van der Waals surface area contributed by atoms with E-state index in [1.807, 2.05) is 21.1 Å². The maximum atomic E-state index is 12.7. The summed E-state index contributed by atoms with van der Waals surface area (Å²) in [6.07, 6.45) is 47.1. The number of ether oxygens (including phenoxy) is 2. The highest BCUT2D eigenvalue weighted by Crippen LogP contribution is 2.43. The highest BCUT2D eigenvalue weighted by molar-refractivity contribution is 7.47. The molecule has 0 spiro atoms. The number of rotatable bonds is 41. The van der Waals surface area contributed by atoms with Crippen LogP contribution in [0.5, 0.6) is 0 Å².